The van der Waals surface area contributed by atoms with Crippen molar-refractivity contribution >= 4 is 13.6 Å². The number of hydrogen-bond acceptors (Lipinski definition) is 2. The Balaban J connectivity index is 3.63. The summed E-state index contributed by atoms with van der Waals surface area (Å²) in [4.78, 5) is 28.4. The molecule has 6 heteroatoms. The minimum Gasteiger partial charge on any atom is -0.481 e. The smallest absolute Gasteiger partial charge is 0.339 e. The Hall–Kier alpha value is -0.380. The van der Waals surface area contributed by atoms with Crippen molar-refractivity contribution < 1.29 is 24.3 Å². The van der Waals surface area contributed by atoms with Gasteiger partial charge in [0.2, 0.25) is 0 Å². The summed E-state index contributed by atoms with van der Waals surface area (Å²) in [5.74, 6) is -1.40. The maximum Gasteiger partial charge on any atom is 0.339 e. The Morgan fingerprint density at radius 1 is 1.00 bits per heavy atom. The zero-order chi connectivity index (χ0) is 14.0. The van der Waals surface area contributed by atoms with Gasteiger partial charge in [0.15, 0.2) is 5.66 Å². The molecule has 0 spiro atoms. The lowest BCUT2D eigenvalue weighted by Crippen LogP contribution is -2.20. The van der Waals surface area contributed by atoms with Gasteiger partial charge in [-0.05, 0) is 6.42 Å². The van der Waals surface area contributed by atoms with E-state index < -0.39 is 19.2 Å². The van der Waals surface area contributed by atoms with Gasteiger partial charge >= 0.3 is 13.6 Å². The third kappa shape index (κ3) is 8.67. The Labute approximate surface area is 109 Å². The predicted molar refractivity (Wildman–Crippen MR) is 70.7 cm³/mol. The van der Waals surface area contributed by atoms with Gasteiger partial charge in [-0.25, -0.2) is 0 Å². The molecule has 3 N–H and O–H groups in total. The number of hydrogen-bond donors (Lipinski definition) is 3. The molecule has 0 unspecified atom stereocenters. The highest BCUT2D eigenvalue weighted by Gasteiger charge is 2.34. The largest absolute Gasteiger partial charge is 0.481 e. The van der Waals surface area contributed by atoms with Gasteiger partial charge in [-0.2, -0.15) is 0 Å². The first-order chi connectivity index (χ1) is 8.39. The van der Waals surface area contributed by atoms with E-state index in [4.69, 9.17) is 14.9 Å². The second-order valence-corrected chi connectivity index (χ2v) is 6.51. The molecule has 0 fully saturated rings. The van der Waals surface area contributed by atoms with Crippen molar-refractivity contribution in [2.45, 2.75) is 70.4 Å². The summed E-state index contributed by atoms with van der Waals surface area (Å²) >= 11 is 0. The van der Waals surface area contributed by atoms with Crippen LogP contribution >= 0.6 is 7.60 Å². The zero-order valence-corrected chi connectivity index (χ0v) is 11.9. The highest BCUT2D eigenvalue weighted by atomic mass is 31.2. The molecule has 0 aromatic carbocycles. The molecular formula is C12H25O5P. The van der Waals surface area contributed by atoms with Crippen LogP contribution in [0.4, 0.5) is 0 Å². The molecule has 18 heavy (non-hydrogen) atoms. The molecule has 0 bridgehead atoms. The molecule has 0 heterocycles. The van der Waals surface area contributed by atoms with Crippen LogP contribution < -0.4 is 0 Å². The molecule has 0 aliphatic carbocycles. The summed E-state index contributed by atoms with van der Waals surface area (Å²) in [7, 11) is -4.50. The van der Waals surface area contributed by atoms with Crippen LogP contribution in [-0.2, 0) is 9.36 Å². The molecule has 0 saturated heterocycles. The van der Waals surface area contributed by atoms with Crippen molar-refractivity contribution in [1.29, 1.82) is 0 Å². The van der Waals surface area contributed by atoms with Gasteiger partial charge in [0.1, 0.15) is 0 Å². The number of carboxylic acids is 1. The average Bonchev–Trinajstić information content (AvgIpc) is 2.24. The lowest BCUT2D eigenvalue weighted by atomic mass is 10.1. The topological polar surface area (TPSA) is 94.8 Å². The first-order valence-electron chi connectivity index (χ1n) is 6.67. The normalized spacial score (nSPS) is 13.5. The summed E-state index contributed by atoms with van der Waals surface area (Å²) in [5.41, 5.74) is -1.53. The second-order valence-electron chi connectivity index (χ2n) is 4.71. The van der Waals surface area contributed by atoms with Gasteiger partial charge in [-0.1, -0.05) is 58.3 Å². The van der Waals surface area contributed by atoms with Crippen molar-refractivity contribution in [3.05, 3.63) is 0 Å². The fourth-order valence-corrected chi connectivity index (χ4v) is 2.71. The molecular weight excluding hydrogens is 255 g/mol. The van der Waals surface area contributed by atoms with Gasteiger partial charge in [-0.15, -0.1) is 0 Å². The maximum absolute atomic E-state index is 10.9. The molecule has 5 nitrogen and oxygen atoms in total. The Bertz CT molecular complexity index is 274. The van der Waals surface area contributed by atoms with Crippen molar-refractivity contribution in [3.8, 4) is 0 Å². The molecule has 0 aliphatic heterocycles. The van der Waals surface area contributed by atoms with Crippen LogP contribution in [0.5, 0.6) is 0 Å². The van der Waals surface area contributed by atoms with Gasteiger partial charge in [0.25, 0.3) is 0 Å². The Morgan fingerprint density at radius 3 is 1.83 bits per heavy atom. The third-order valence-corrected chi connectivity index (χ3v) is 4.31. The van der Waals surface area contributed by atoms with Gasteiger partial charge in [-0.3, -0.25) is 9.36 Å². The van der Waals surface area contributed by atoms with E-state index in [0.29, 0.717) is 6.42 Å². The van der Waals surface area contributed by atoms with Crippen molar-refractivity contribution in [1.82, 2.24) is 0 Å². The standard InChI is InChI=1S/C12H25O5P/c1-2-3-4-5-6-7-8-9-10-11(12(13)14)18(15,16)17/h11H,2-10H2,1H3,(H,13,14)(H2,15,16,17)/t11-/m0/s1. The number of rotatable bonds is 11. The minimum atomic E-state index is -4.50. The molecule has 108 valence electrons. The SMILES string of the molecule is CCCCCCCCCC[C@@H](C(=O)O)P(=O)(O)O. The molecule has 0 saturated carbocycles. The Kier molecular flexibility index (Phi) is 9.34. The van der Waals surface area contributed by atoms with Crippen molar-refractivity contribution in [2.75, 3.05) is 0 Å². The molecule has 0 aromatic heterocycles. The fourth-order valence-electron chi connectivity index (χ4n) is 1.91. The highest BCUT2D eigenvalue weighted by Crippen LogP contribution is 2.43. The zero-order valence-electron chi connectivity index (χ0n) is 11.0. The van der Waals surface area contributed by atoms with Crippen LogP contribution in [0.3, 0.4) is 0 Å². The van der Waals surface area contributed by atoms with Gasteiger partial charge < -0.3 is 14.9 Å². The van der Waals surface area contributed by atoms with E-state index in [-0.39, 0.29) is 6.42 Å². The average molecular weight is 280 g/mol. The van der Waals surface area contributed by atoms with Crippen molar-refractivity contribution in [3.63, 3.8) is 0 Å². The molecule has 0 radical (unpaired) electrons. The molecule has 0 aliphatic rings. The van der Waals surface area contributed by atoms with Crippen LogP contribution in [0.1, 0.15) is 64.7 Å². The minimum absolute atomic E-state index is 0.0641. The van der Waals surface area contributed by atoms with Crippen LogP contribution in [0.2, 0.25) is 0 Å². The van der Waals surface area contributed by atoms with Crippen LogP contribution in [0.25, 0.3) is 0 Å². The summed E-state index contributed by atoms with van der Waals surface area (Å²) in [6.07, 6.45) is 8.48. The third-order valence-electron chi connectivity index (χ3n) is 3.02. The molecule has 0 rings (SSSR count). The first-order valence-corrected chi connectivity index (χ1v) is 8.35. The van der Waals surface area contributed by atoms with E-state index >= 15 is 0 Å². The van der Waals surface area contributed by atoms with E-state index in [1.165, 1.54) is 25.7 Å². The monoisotopic (exact) mass is 280 g/mol. The molecule has 0 amide bonds. The number of aliphatic carboxylic acids is 1. The number of carbonyl (C=O) groups is 1. The summed E-state index contributed by atoms with van der Waals surface area (Å²) in [5, 5.41) is 8.72. The number of unbranched alkanes of at least 4 members (excludes halogenated alkanes) is 7. The van der Waals surface area contributed by atoms with Gasteiger partial charge in [0.05, 0.1) is 0 Å². The summed E-state index contributed by atoms with van der Waals surface area (Å²) in [6, 6.07) is 0. The lowest BCUT2D eigenvalue weighted by molar-refractivity contribution is -0.137. The van der Waals surface area contributed by atoms with Crippen LogP contribution in [0, 0.1) is 0 Å². The number of carboxylic acid groups (broad SMARTS) is 1. The Morgan fingerprint density at radius 2 is 1.44 bits per heavy atom. The summed E-state index contributed by atoms with van der Waals surface area (Å²) in [6.45, 7) is 2.16. The van der Waals surface area contributed by atoms with E-state index in [1.54, 1.807) is 0 Å². The first kappa shape index (κ1) is 17.6. The lowest BCUT2D eigenvalue weighted by Gasteiger charge is -2.13. The van der Waals surface area contributed by atoms with Crippen LogP contribution in [-0.4, -0.2) is 26.5 Å². The quantitative estimate of drug-likeness (QED) is 0.399. The van der Waals surface area contributed by atoms with E-state index in [2.05, 4.69) is 6.92 Å². The van der Waals surface area contributed by atoms with Crippen molar-refractivity contribution in [2.24, 2.45) is 0 Å². The maximum atomic E-state index is 10.9. The van der Waals surface area contributed by atoms with Gasteiger partial charge in [0, 0.05) is 0 Å². The molecule has 1 atom stereocenters. The second kappa shape index (κ2) is 9.54. The predicted octanol–water partition coefficient (Wildman–Crippen LogP) is 3.15. The van der Waals surface area contributed by atoms with E-state index in [1.807, 2.05) is 0 Å². The van der Waals surface area contributed by atoms with E-state index in [0.717, 1.165) is 19.3 Å². The van der Waals surface area contributed by atoms with E-state index in [9.17, 15) is 9.36 Å². The van der Waals surface area contributed by atoms with Crippen LogP contribution in [0.15, 0.2) is 0 Å². The molecule has 0 aromatic rings. The summed E-state index contributed by atoms with van der Waals surface area (Å²) < 4.78 is 10.9. The highest BCUT2D eigenvalue weighted by molar-refractivity contribution is 7.53. The fraction of sp³-hybridized carbons (Fsp3) is 0.917.